The second-order valence-electron chi connectivity index (χ2n) is 6.50. The average Bonchev–Trinajstić information content (AvgIpc) is 3.02. The van der Waals surface area contributed by atoms with Gasteiger partial charge in [0.05, 0.1) is 0 Å². The van der Waals surface area contributed by atoms with Gasteiger partial charge in [-0.3, -0.25) is 14.7 Å². The van der Waals surface area contributed by atoms with Crippen LogP contribution >= 0.6 is 0 Å². The Morgan fingerprint density at radius 2 is 1.09 bits per heavy atom. The normalized spacial score (nSPS) is 11.9. The van der Waals surface area contributed by atoms with E-state index in [4.69, 9.17) is 0 Å². The topological polar surface area (TPSA) is 54.9 Å². The highest BCUT2D eigenvalue weighted by atomic mass is 19.4. The van der Waals surface area contributed by atoms with E-state index in [0.29, 0.717) is 6.92 Å². The van der Waals surface area contributed by atoms with Crippen molar-refractivity contribution < 1.29 is 57.5 Å². The summed E-state index contributed by atoms with van der Waals surface area (Å²) in [4.78, 5) is 24.9. The van der Waals surface area contributed by atoms with Gasteiger partial charge in [0.25, 0.3) is 5.56 Å². The summed E-state index contributed by atoms with van der Waals surface area (Å²) >= 11 is 0. The van der Waals surface area contributed by atoms with Gasteiger partial charge < -0.3 is 0 Å². The Kier molecular flexibility index (Phi) is 5.82. The number of aromatic amines is 1. The molecule has 0 fully saturated rings. The van der Waals surface area contributed by atoms with Crippen molar-refractivity contribution in [2.24, 2.45) is 0 Å². The maximum atomic E-state index is 14.2. The molecule has 0 amide bonds. The van der Waals surface area contributed by atoms with Gasteiger partial charge in [0.15, 0.2) is 46.5 Å². The number of aryl methyl sites for hydroxylation is 1. The molecular formula is C18H4F12N2O2. The summed E-state index contributed by atoms with van der Waals surface area (Å²) in [5.74, 6) is -26.9. The van der Waals surface area contributed by atoms with Crippen molar-refractivity contribution in [2.75, 3.05) is 0 Å². The monoisotopic (exact) mass is 508 g/mol. The summed E-state index contributed by atoms with van der Waals surface area (Å²) in [7, 11) is 0. The van der Waals surface area contributed by atoms with Gasteiger partial charge in [-0.25, -0.2) is 44.2 Å². The third-order valence-corrected chi connectivity index (χ3v) is 4.48. The fraction of sp³-hybridized carbons (Fsp3) is 0.111. The zero-order chi connectivity index (χ0) is 26.0. The van der Waals surface area contributed by atoms with E-state index >= 15 is 0 Å². The molecule has 0 bridgehead atoms. The Morgan fingerprint density at radius 3 is 1.50 bits per heavy atom. The lowest BCUT2D eigenvalue weighted by Crippen LogP contribution is -2.26. The van der Waals surface area contributed by atoms with E-state index in [0.717, 1.165) is 0 Å². The van der Waals surface area contributed by atoms with E-state index < -0.39 is 103 Å². The molecule has 3 aromatic rings. The van der Waals surface area contributed by atoms with E-state index in [1.165, 1.54) is 0 Å². The van der Waals surface area contributed by atoms with Crippen LogP contribution in [-0.4, -0.2) is 15.6 Å². The lowest BCUT2D eigenvalue weighted by Gasteiger charge is -2.14. The first kappa shape index (κ1) is 24.9. The molecule has 0 aliphatic rings. The van der Waals surface area contributed by atoms with Crippen molar-refractivity contribution in [1.82, 2.24) is 9.78 Å². The molecule has 1 aromatic heterocycles. The molecule has 16 heteroatoms. The van der Waals surface area contributed by atoms with Crippen LogP contribution < -0.4 is 5.56 Å². The molecular weight excluding hydrogens is 504 g/mol. The van der Waals surface area contributed by atoms with Crippen LogP contribution in [0.3, 0.4) is 0 Å². The zero-order valence-electron chi connectivity index (χ0n) is 15.8. The molecule has 1 N–H and O–H groups in total. The second-order valence-corrected chi connectivity index (χ2v) is 6.50. The number of halogens is 12. The van der Waals surface area contributed by atoms with E-state index in [-0.39, 0.29) is 0 Å². The van der Waals surface area contributed by atoms with Gasteiger partial charge in [-0.1, -0.05) is 0 Å². The summed E-state index contributed by atoms with van der Waals surface area (Å²) in [5, 5.41) is 1.64. The molecule has 0 saturated carbocycles. The molecule has 34 heavy (non-hydrogen) atoms. The molecule has 0 saturated heterocycles. The first-order chi connectivity index (χ1) is 15.5. The number of benzene rings is 2. The zero-order valence-corrected chi connectivity index (χ0v) is 15.8. The number of ketones is 1. The van der Waals surface area contributed by atoms with Gasteiger partial charge in [-0.15, -0.1) is 0 Å². The minimum atomic E-state index is -5.92. The van der Waals surface area contributed by atoms with Crippen molar-refractivity contribution in [1.29, 1.82) is 0 Å². The number of alkyl halides is 3. The molecule has 1 heterocycles. The maximum absolute atomic E-state index is 14.2. The molecule has 0 spiro atoms. The fourth-order valence-electron chi connectivity index (χ4n) is 2.97. The molecule has 3 rings (SSSR count). The number of carbonyl (C=O) groups excluding carboxylic acids is 1. The molecule has 0 unspecified atom stereocenters. The standard InChI is InChI=1S/C18H4F12N2O2/c1-2-3(16(33)4-6(19)10(23)12(25)11(24)7(4)20)17(34)32(31-2)15-13(26)8(21)5(18(28,29)30)9(22)14(15)27/h31H,1H3. The Balaban J connectivity index is 2.33. The molecule has 0 radical (unpaired) electrons. The molecule has 0 aliphatic carbocycles. The van der Waals surface area contributed by atoms with Crippen LogP contribution in [0.2, 0.25) is 0 Å². The van der Waals surface area contributed by atoms with Crippen LogP contribution in [0.1, 0.15) is 27.2 Å². The predicted molar refractivity (Wildman–Crippen MR) is 85.6 cm³/mol. The van der Waals surface area contributed by atoms with Crippen molar-refractivity contribution >= 4 is 5.78 Å². The Hall–Kier alpha value is -3.72. The molecule has 4 nitrogen and oxygen atoms in total. The number of aromatic nitrogens is 2. The fourth-order valence-corrected chi connectivity index (χ4v) is 2.97. The smallest absolute Gasteiger partial charge is 0.294 e. The van der Waals surface area contributed by atoms with Gasteiger partial charge in [0.1, 0.15) is 22.4 Å². The van der Waals surface area contributed by atoms with Crippen molar-refractivity contribution in [2.45, 2.75) is 13.1 Å². The lowest BCUT2D eigenvalue weighted by molar-refractivity contribution is -0.143. The highest BCUT2D eigenvalue weighted by Gasteiger charge is 2.43. The summed E-state index contributed by atoms with van der Waals surface area (Å²) in [5.41, 5.74) is -11.7. The number of carbonyl (C=O) groups is 1. The second kappa shape index (κ2) is 7.95. The third kappa shape index (κ3) is 3.43. The van der Waals surface area contributed by atoms with E-state index in [2.05, 4.69) is 0 Å². The number of nitrogens with one attached hydrogen (secondary N) is 1. The minimum absolute atomic E-state index is 0.522. The Morgan fingerprint density at radius 1 is 0.676 bits per heavy atom. The van der Waals surface area contributed by atoms with Crippen molar-refractivity contribution in [3.63, 3.8) is 0 Å². The summed E-state index contributed by atoms with van der Waals surface area (Å²) in [6, 6.07) is 0. The van der Waals surface area contributed by atoms with Crippen LogP contribution in [0, 0.1) is 59.3 Å². The highest BCUT2D eigenvalue weighted by Crippen LogP contribution is 2.37. The summed E-state index contributed by atoms with van der Waals surface area (Å²) < 4.78 is 162. The predicted octanol–water partition coefficient (Wildman–Crippen LogP) is 4.98. The van der Waals surface area contributed by atoms with Gasteiger partial charge >= 0.3 is 6.18 Å². The first-order valence-electron chi connectivity index (χ1n) is 8.35. The van der Waals surface area contributed by atoms with Crippen LogP contribution in [0.25, 0.3) is 5.69 Å². The van der Waals surface area contributed by atoms with Crippen LogP contribution in [0.15, 0.2) is 4.79 Å². The lowest BCUT2D eigenvalue weighted by atomic mass is 10.0. The Labute approximate surface area is 178 Å². The van der Waals surface area contributed by atoms with E-state index in [9.17, 15) is 62.3 Å². The van der Waals surface area contributed by atoms with Gasteiger partial charge in [0, 0.05) is 5.69 Å². The number of nitrogens with zero attached hydrogens (tertiary/aromatic N) is 1. The molecule has 2 aromatic carbocycles. The molecule has 0 aliphatic heterocycles. The maximum Gasteiger partial charge on any atom is 0.422 e. The third-order valence-electron chi connectivity index (χ3n) is 4.48. The van der Waals surface area contributed by atoms with Crippen molar-refractivity contribution in [3.8, 4) is 5.69 Å². The number of rotatable bonds is 3. The van der Waals surface area contributed by atoms with Crippen LogP contribution in [-0.2, 0) is 6.18 Å². The minimum Gasteiger partial charge on any atom is -0.294 e. The van der Waals surface area contributed by atoms with Gasteiger partial charge in [-0.2, -0.15) is 13.2 Å². The largest absolute Gasteiger partial charge is 0.422 e. The van der Waals surface area contributed by atoms with Crippen LogP contribution in [0.4, 0.5) is 52.7 Å². The Bertz CT molecular complexity index is 1380. The quantitative estimate of drug-likeness (QED) is 0.235. The van der Waals surface area contributed by atoms with Gasteiger partial charge in [0.2, 0.25) is 11.6 Å². The van der Waals surface area contributed by atoms with Crippen molar-refractivity contribution in [3.05, 3.63) is 85.1 Å². The first-order valence-corrected chi connectivity index (χ1v) is 8.35. The van der Waals surface area contributed by atoms with E-state index in [1.54, 1.807) is 5.10 Å². The number of H-pyrrole nitrogens is 1. The SMILES string of the molecule is Cc1[nH]n(-c2c(F)c(F)c(C(F)(F)F)c(F)c2F)c(=O)c1C(=O)c1c(F)c(F)c(F)c(F)c1F. The van der Waals surface area contributed by atoms with Crippen LogP contribution in [0.5, 0.6) is 0 Å². The average molecular weight is 508 g/mol. The molecule has 0 atom stereocenters. The number of hydrogen-bond acceptors (Lipinski definition) is 2. The van der Waals surface area contributed by atoms with E-state index in [1.807, 2.05) is 0 Å². The van der Waals surface area contributed by atoms with Gasteiger partial charge in [-0.05, 0) is 6.92 Å². The molecule has 182 valence electrons. The highest BCUT2D eigenvalue weighted by molar-refractivity contribution is 6.10. The number of hydrogen-bond donors (Lipinski definition) is 1. The summed E-state index contributed by atoms with van der Waals surface area (Å²) in [6.07, 6.45) is -5.92. The summed E-state index contributed by atoms with van der Waals surface area (Å²) in [6.45, 7) is 0.698.